The summed E-state index contributed by atoms with van der Waals surface area (Å²) in [5.74, 6) is 0.982. The topological polar surface area (TPSA) is 107 Å². The number of benzene rings is 2. The first-order valence-electron chi connectivity index (χ1n) is 12.4. The first-order valence-corrected chi connectivity index (χ1v) is 12.4. The highest BCUT2D eigenvalue weighted by molar-refractivity contribution is 5.95. The van der Waals surface area contributed by atoms with Crippen LogP contribution in [0.15, 0.2) is 60.9 Å². The first-order chi connectivity index (χ1) is 18.1. The predicted molar refractivity (Wildman–Crippen MR) is 136 cm³/mol. The van der Waals surface area contributed by atoms with Gasteiger partial charge >= 0.3 is 0 Å². The molecule has 0 spiro atoms. The average Bonchev–Trinajstić information content (AvgIpc) is 3.56. The number of hydrogen-bond donors (Lipinski definition) is 2. The number of aryl methyl sites for hydroxylation is 1. The molecular formula is C27H31N5O5. The lowest BCUT2D eigenvalue weighted by Gasteiger charge is -2.21. The second kappa shape index (κ2) is 11.3. The van der Waals surface area contributed by atoms with Crippen LogP contribution >= 0.6 is 0 Å². The minimum absolute atomic E-state index is 0.194. The molecule has 3 aliphatic rings. The van der Waals surface area contributed by atoms with Crippen LogP contribution in [0.2, 0.25) is 0 Å². The molecule has 0 aliphatic carbocycles. The normalized spacial score (nSPS) is 20.2. The molecular weight excluding hydrogens is 474 g/mol. The molecule has 10 heteroatoms. The Balaban J connectivity index is 1.35. The van der Waals surface area contributed by atoms with E-state index in [0.29, 0.717) is 36.7 Å². The summed E-state index contributed by atoms with van der Waals surface area (Å²) in [6, 6.07) is 14.3. The molecule has 2 amide bonds. The molecule has 6 rings (SSSR count). The number of ether oxygens (including phenoxy) is 3. The van der Waals surface area contributed by atoms with Crippen molar-refractivity contribution in [2.45, 2.75) is 31.7 Å². The van der Waals surface area contributed by atoms with Crippen molar-refractivity contribution in [2.24, 2.45) is 0 Å². The lowest BCUT2D eigenvalue weighted by Crippen LogP contribution is -2.45. The molecule has 0 saturated carbocycles. The zero-order valence-electron chi connectivity index (χ0n) is 20.8. The fraction of sp³-hybridized carbons (Fsp3) is 0.370. The summed E-state index contributed by atoms with van der Waals surface area (Å²) < 4.78 is 19.3. The molecule has 1 aromatic heterocycles. The van der Waals surface area contributed by atoms with Crippen molar-refractivity contribution in [3.63, 3.8) is 0 Å². The van der Waals surface area contributed by atoms with Crippen molar-refractivity contribution in [1.29, 1.82) is 0 Å². The fourth-order valence-electron chi connectivity index (χ4n) is 4.62. The summed E-state index contributed by atoms with van der Waals surface area (Å²) in [6.07, 6.45) is 4.46. The van der Waals surface area contributed by atoms with Gasteiger partial charge < -0.3 is 24.8 Å². The lowest BCUT2D eigenvalue weighted by molar-refractivity contribution is -0.123. The third kappa shape index (κ3) is 6.21. The van der Waals surface area contributed by atoms with E-state index in [-0.39, 0.29) is 30.6 Å². The van der Waals surface area contributed by atoms with E-state index in [4.69, 9.17) is 14.2 Å². The lowest BCUT2D eigenvalue weighted by atomic mass is 10.1. The van der Waals surface area contributed by atoms with Crippen molar-refractivity contribution in [3.05, 3.63) is 72.1 Å². The van der Waals surface area contributed by atoms with E-state index in [2.05, 4.69) is 20.6 Å². The maximum absolute atomic E-state index is 13.3. The number of rotatable bonds is 5. The molecule has 4 bridgehead atoms. The molecule has 2 aromatic carbocycles. The van der Waals surface area contributed by atoms with Crippen LogP contribution in [-0.2, 0) is 17.9 Å². The van der Waals surface area contributed by atoms with Crippen molar-refractivity contribution in [2.75, 3.05) is 33.4 Å². The van der Waals surface area contributed by atoms with E-state index < -0.39 is 0 Å². The van der Waals surface area contributed by atoms with E-state index in [1.807, 2.05) is 41.2 Å². The number of methoxy groups -OCH3 is 1. The highest BCUT2D eigenvalue weighted by Crippen LogP contribution is 2.28. The third-order valence-corrected chi connectivity index (χ3v) is 6.56. The molecule has 0 unspecified atom stereocenters. The Hall–Kier alpha value is -4.05. The Kier molecular flexibility index (Phi) is 7.55. The monoisotopic (exact) mass is 505 g/mol. The van der Waals surface area contributed by atoms with Gasteiger partial charge in [-0.15, -0.1) is 0 Å². The van der Waals surface area contributed by atoms with Crippen LogP contribution < -0.4 is 24.8 Å². The molecule has 0 radical (unpaired) electrons. The number of aromatic nitrogens is 2. The Bertz CT molecular complexity index is 1210. The van der Waals surface area contributed by atoms with Crippen LogP contribution in [0.3, 0.4) is 0 Å². The van der Waals surface area contributed by atoms with E-state index in [9.17, 15) is 9.59 Å². The fourth-order valence-corrected chi connectivity index (χ4v) is 4.62. The molecule has 1 saturated heterocycles. The number of fused-ring (bicyclic) bond motifs is 7. The van der Waals surface area contributed by atoms with Gasteiger partial charge in [-0.1, -0.05) is 12.1 Å². The summed E-state index contributed by atoms with van der Waals surface area (Å²) in [7, 11) is 1.52. The van der Waals surface area contributed by atoms with Gasteiger partial charge in [-0.3, -0.25) is 19.2 Å². The smallest absolute Gasteiger partial charge is 0.258 e. The van der Waals surface area contributed by atoms with Crippen molar-refractivity contribution in [3.8, 4) is 17.2 Å². The van der Waals surface area contributed by atoms with Crippen LogP contribution in [0.25, 0.3) is 0 Å². The van der Waals surface area contributed by atoms with Gasteiger partial charge in [0.2, 0.25) is 0 Å². The van der Waals surface area contributed by atoms with Crippen molar-refractivity contribution >= 4 is 11.8 Å². The molecule has 2 N–H and O–H groups in total. The predicted octanol–water partition coefficient (Wildman–Crippen LogP) is 1.85. The number of amides is 2. The molecule has 10 nitrogen and oxygen atoms in total. The highest BCUT2D eigenvalue weighted by Gasteiger charge is 2.35. The zero-order valence-corrected chi connectivity index (χ0v) is 20.8. The summed E-state index contributed by atoms with van der Waals surface area (Å²) in [6.45, 7) is 3.24. The number of likely N-dealkylation sites (tertiary alicyclic amines) is 1. The van der Waals surface area contributed by atoms with Gasteiger partial charge in [0, 0.05) is 50.7 Å². The van der Waals surface area contributed by atoms with Crippen molar-refractivity contribution < 1.29 is 23.8 Å². The van der Waals surface area contributed by atoms with Gasteiger partial charge in [-0.25, -0.2) is 0 Å². The molecule has 4 heterocycles. The Morgan fingerprint density at radius 1 is 1.11 bits per heavy atom. The van der Waals surface area contributed by atoms with Gasteiger partial charge in [0.25, 0.3) is 11.8 Å². The van der Waals surface area contributed by atoms with Gasteiger partial charge in [0.05, 0.1) is 13.2 Å². The second-order valence-electron chi connectivity index (χ2n) is 9.19. The zero-order chi connectivity index (χ0) is 25.6. The minimum Gasteiger partial charge on any atom is -0.493 e. The summed E-state index contributed by atoms with van der Waals surface area (Å²) in [5, 5.41) is 10.3. The number of carbonyl (C=O) groups excluding carboxylic acids is 2. The second-order valence-corrected chi connectivity index (χ2v) is 9.19. The van der Waals surface area contributed by atoms with Crippen LogP contribution in [0, 0.1) is 0 Å². The number of carbonyl (C=O) groups is 2. The Labute approximate surface area is 215 Å². The highest BCUT2D eigenvalue weighted by atomic mass is 16.5. The molecule has 37 heavy (non-hydrogen) atoms. The van der Waals surface area contributed by atoms with Gasteiger partial charge in [-0.2, -0.15) is 5.10 Å². The number of hydrogen-bond acceptors (Lipinski definition) is 7. The van der Waals surface area contributed by atoms with Crippen LogP contribution in [0.5, 0.6) is 17.2 Å². The van der Waals surface area contributed by atoms with Crippen molar-refractivity contribution in [1.82, 2.24) is 25.3 Å². The largest absolute Gasteiger partial charge is 0.493 e. The molecule has 3 aliphatic heterocycles. The Morgan fingerprint density at radius 2 is 1.97 bits per heavy atom. The molecule has 3 aromatic rings. The summed E-state index contributed by atoms with van der Waals surface area (Å²) in [4.78, 5) is 27.9. The Morgan fingerprint density at radius 3 is 2.76 bits per heavy atom. The quantitative estimate of drug-likeness (QED) is 0.545. The SMILES string of the molecule is COc1ccc2cc1OCC(=O)NCc1ccc(cc1)O[C@H]1CN(CCCn3cccn3)C[C@@H]1NC2=O. The van der Waals surface area contributed by atoms with Gasteiger partial charge in [0.1, 0.15) is 11.9 Å². The number of nitrogens with one attached hydrogen (secondary N) is 2. The van der Waals surface area contributed by atoms with Crippen LogP contribution in [0.1, 0.15) is 22.3 Å². The number of nitrogens with zero attached hydrogens (tertiary/aromatic N) is 3. The third-order valence-electron chi connectivity index (χ3n) is 6.56. The van der Waals surface area contributed by atoms with E-state index in [1.165, 1.54) is 7.11 Å². The average molecular weight is 506 g/mol. The van der Waals surface area contributed by atoms with Crippen LogP contribution in [0.4, 0.5) is 0 Å². The molecule has 194 valence electrons. The van der Waals surface area contributed by atoms with E-state index in [1.54, 1.807) is 24.4 Å². The van der Waals surface area contributed by atoms with Gasteiger partial charge in [-0.05, 0) is 48.4 Å². The standard InChI is InChI=1S/C27H31N5O5/c1-35-23-9-6-20-14-24(23)36-18-26(33)28-15-19-4-7-21(8-5-19)37-25-17-31(16-22(25)30-27(20)34)11-3-13-32-12-2-10-29-32/h2,4-10,12,14,22,25H,3,11,13,15-18H2,1H3,(H,28,33)(H,30,34)/t22-,25-/m0/s1. The first kappa shape index (κ1) is 24.6. The minimum atomic E-state index is -0.274. The summed E-state index contributed by atoms with van der Waals surface area (Å²) >= 11 is 0. The maximum Gasteiger partial charge on any atom is 0.258 e. The summed E-state index contributed by atoms with van der Waals surface area (Å²) in [5.41, 5.74) is 1.36. The molecule has 1 fully saturated rings. The van der Waals surface area contributed by atoms with E-state index >= 15 is 0 Å². The molecule has 2 atom stereocenters. The van der Waals surface area contributed by atoms with Crippen LogP contribution in [-0.4, -0.2) is 72.0 Å². The van der Waals surface area contributed by atoms with E-state index in [0.717, 1.165) is 30.8 Å². The maximum atomic E-state index is 13.3. The van der Waals surface area contributed by atoms with Gasteiger partial charge in [0.15, 0.2) is 18.1 Å².